The first-order chi connectivity index (χ1) is 9.72. The van der Waals surface area contributed by atoms with Crippen LogP contribution in [-0.2, 0) is 0 Å². The van der Waals surface area contributed by atoms with Gasteiger partial charge < -0.3 is 0 Å². The molecule has 1 N–H and O–H groups in total. The van der Waals surface area contributed by atoms with Crippen molar-refractivity contribution in [3.63, 3.8) is 0 Å². The van der Waals surface area contributed by atoms with Gasteiger partial charge in [-0.05, 0) is 41.6 Å². The van der Waals surface area contributed by atoms with Gasteiger partial charge in [-0.25, -0.2) is 4.68 Å². The van der Waals surface area contributed by atoms with Gasteiger partial charge in [0, 0.05) is 5.56 Å². The second kappa shape index (κ2) is 5.13. The lowest BCUT2D eigenvalue weighted by Crippen LogP contribution is -2.11. The first-order valence-corrected chi connectivity index (χ1v) is 6.49. The van der Waals surface area contributed by atoms with Gasteiger partial charge in [0.25, 0.3) is 5.91 Å². The van der Waals surface area contributed by atoms with Crippen LogP contribution >= 0.6 is 11.3 Å². The number of anilines is 1. The van der Waals surface area contributed by atoms with E-state index in [0.29, 0.717) is 10.7 Å². The summed E-state index contributed by atoms with van der Waals surface area (Å²) in [5.74, 6) is -0.232. The highest BCUT2D eigenvalue weighted by Gasteiger charge is 2.09. The van der Waals surface area contributed by atoms with Gasteiger partial charge in [0.2, 0.25) is 5.13 Å². The molecule has 1 amide bonds. The maximum absolute atomic E-state index is 12.0. The van der Waals surface area contributed by atoms with Crippen LogP contribution in [0.1, 0.15) is 15.4 Å². The van der Waals surface area contributed by atoms with Gasteiger partial charge in [0.05, 0.1) is 5.69 Å². The van der Waals surface area contributed by atoms with Crippen molar-refractivity contribution in [1.29, 1.82) is 0 Å². The van der Waals surface area contributed by atoms with Crippen LogP contribution in [0.15, 0.2) is 30.6 Å². The van der Waals surface area contributed by atoms with E-state index in [4.69, 9.17) is 0 Å². The highest BCUT2D eigenvalue weighted by atomic mass is 32.1. The maximum Gasteiger partial charge on any atom is 0.257 e. The monoisotopic (exact) mass is 287 g/mol. The van der Waals surface area contributed by atoms with E-state index < -0.39 is 0 Å². The summed E-state index contributed by atoms with van der Waals surface area (Å²) in [5.41, 5.74) is 1.30. The summed E-state index contributed by atoms with van der Waals surface area (Å²) in [6.45, 7) is 1.83. The predicted molar refractivity (Wildman–Crippen MR) is 71.8 cm³/mol. The summed E-state index contributed by atoms with van der Waals surface area (Å²) in [6, 6.07) is 6.91. The number of tetrazole rings is 1. The smallest absolute Gasteiger partial charge is 0.257 e. The largest absolute Gasteiger partial charge is 0.296 e. The molecule has 3 aromatic rings. The highest BCUT2D eigenvalue weighted by Crippen LogP contribution is 2.15. The van der Waals surface area contributed by atoms with Crippen LogP contribution in [0, 0.1) is 6.92 Å². The molecule has 0 aliphatic carbocycles. The molecule has 2 aromatic heterocycles. The Balaban J connectivity index is 1.75. The van der Waals surface area contributed by atoms with Crippen LogP contribution in [0.25, 0.3) is 5.69 Å². The molecule has 0 bridgehead atoms. The Labute approximate surface area is 117 Å². The van der Waals surface area contributed by atoms with Crippen LogP contribution < -0.4 is 5.32 Å². The molecule has 20 heavy (non-hydrogen) atoms. The molecule has 3 rings (SSSR count). The summed E-state index contributed by atoms with van der Waals surface area (Å²) >= 11 is 1.33. The number of hydrogen-bond donors (Lipinski definition) is 1. The summed E-state index contributed by atoms with van der Waals surface area (Å²) in [6.07, 6.45) is 1.49. The van der Waals surface area contributed by atoms with Gasteiger partial charge in [-0.2, -0.15) is 0 Å². The molecule has 2 heterocycles. The minimum atomic E-state index is -0.232. The van der Waals surface area contributed by atoms with Crippen LogP contribution in [0.3, 0.4) is 0 Å². The van der Waals surface area contributed by atoms with Crippen molar-refractivity contribution in [2.45, 2.75) is 6.92 Å². The zero-order valence-electron chi connectivity index (χ0n) is 10.4. The number of benzene rings is 1. The number of nitrogens with zero attached hydrogens (tertiary/aromatic N) is 6. The molecule has 0 unspecified atom stereocenters. The Bertz CT molecular complexity index is 720. The summed E-state index contributed by atoms with van der Waals surface area (Å²) in [7, 11) is 0. The van der Waals surface area contributed by atoms with Crippen LogP contribution in [0.5, 0.6) is 0 Å². The number of hydrogen-bond acceptors (Lipinski definition) is 7. The molecule has 0 saturated carbocycles. The number of rotatable bonds is 3. The molecule has 0 aliphatic heterocycles. The molecule has 0 saturated heterocycles. The SMILES string of the molecule is Cc1nnc(NC(=O)c2ccc(-n3cnnn3)cc2)s1. The molecule has 0 atom stereocenters. The fraction of sp³-hybridized carbons (Fsp3) is 0.0909. The van der Waals surface area contributed by atoms with E-state index in [1.165, 1.54) is 22.3 Å². The van der Waals surface area contributed by atoms with Crippen LogP contribution in [0.2, 0.25) is 0 Å². The van der Waals surface area contributed by atoms with Crippen LogP contribution in [-0.4, -0.2) is 36.3 Å². The van der Waals surface area contributed by atoms with Gasteiger partial charge in [-0.3, -0.25) is 10.1 Å². The minimum Gasteiger partial charge on any atom is -0.296 e. The maximum atomic E-state index is 12.0. The van der Waals surface area contributed by atoms with E-state index in [9.17, 15) is 4.79 Å². The number of nitrogens with one attached hydrogen (secondary N) is 1. The van der Waals surface area contributed by atoms with Gasteiger partial charge >= 0.3 is 0 Å². The number of amides is 1. The quantitative estimate of drug-likeness (QED) is 0.773. The van der Waals surface area contributed by atoms with Crippen molar-refractivity contribution in [2.75, 3.05) is 5.32 Å². The number of aromatic nitrogens is 6. The van der Waals surface area contributed by atoms with Crippen molar-refractivity contribution >= 4 is 22.4 Å². The molecular formula is C11H9N7OS. The van der Waals surface area contributed by atoms with Crippen molar-refractivity contribution in [2.24, 2.45) is 0 Å². The molecule has 0 spiro atoms. The third kappa shape index (κ3) is 2.52. The second-order valence-electron chi connectivity index (χ2n) is 3.88. The summed E-state index contributed by atoms with van der Waals surface area (Å²) < 4.78 is 1.51. The standard InChI is InChI=1S/C11H9N7OS/c1-7-14-15-11(20-7)13-10(19)8-2-4-9(5-3-8)18-6-12-16-17-18/h2-6H,1H3,(H,13,15,19). The average molecular weight is 287 g/mol. The van der Waals surface area contributed by atoms with Crippen molar-refractivity contribution < 1.29 is 4.79 Å². The van der Waals surface area contributed by atoms with E-state index in [2.05, 4.69) is 31.0 Å². The molecule has 8 nitrogen and oxygen atoms in total. The molecule has 9 heteroatoms. The third-order valence-corrected chi connectivity index (χ3v) is 3.24. The molecular weight excluding hydrogens is 278 g/mol. The predicted octanol–water partition coefficient (Wildman–Crippen LogP) is 1.07. The van der Waals surface area contributed by atoms with Crippen molar-refractivity contribution in [1.82, 2.24) is 30.4 Å². The minimum absolute atomic E-state index is 0.232. The number of carbonyl (C=O) groups is 1. The Morgan fingerprint density at radius 1 is 1.25 bits per heavy atom. The first kappa shape index (κ1) is 12.4. The zero-order chi connectivity index (χ0) is 13.9. The Morgan fingerprint density at radius 2 is 2.05 bits per heavy atom. The first-order valence-electron chi connectivity index (χ1n) is 5.67. The van der Waals surface area contributed by atoms with Crippen molar-refractivity contribution in [3.8, 4) is 5.69 Å². The Morgan fingerprint density at radius 3 is 2.65 bits per heavy atom. The second-order valence-corrected chi connectivity index (χ2v) is 5.06. The van der Waals surface area contributed by atoms with Crippen molar-refractivity contribution in [3.05, 3.63) is 41.2 Å². The lowest BCUT2D eigenvalue weighted by atomic mass is 10.2. The van der Waals surface area contributed by atoms with Gasteiger partial charge in [0.15, 0.2) is 0 Å². The Kier molecular flexibility index (Phi) is 3.17. The van der Waals surface area contributed by atoms with E-state index in [1.807, 2.05) is 6.92 Å². The average Bonchev–Trinajstić information content (AvgIpc) is 3.11. The van der Waals surface area contributed by atoms with E-state index >= 15 is 0 Å². The zero-order valence-corrected chi connectivity index (χ0v) is 11.2. The fourth-order valence-corrected chi connectivity index (χ4v) is 2.15. The molecule has 1 aromatic carbocycles. The van der Waals surface area contributed by atoms with Gasteiger partial charge in [-0.1, -0.05) is 11.3 Å². The summed E-state index contributed by atoms with van der Waals surface area (Å²) in [5, 5.41) is 22.5. The lowest BCUT2D eigenvalue weighted by molar-refractivity contribution is 0.102. The molecule has 0 fully saturated rings. The number of carbonyl (C=O) groups excluding carboxylic acids is 1. The van der Waals surface area contributed by atoms with Crippen LogP contribution in [0.4, 0.5) is 5.13 Å². The fourth-order valence-electron chi connectivity index (χ4n) is 1.56. The summed E-state index contributed by atoms with van der Waals surface area (Å²) in [4.78, 5) is 12.0. The highest BCUT2D eigenvalue weighted by molar-refractivity contribution is 7.15. The van der Waals surface area contributed by atoms with Gasteiger partial charge in [0.1, 0.15) is 11.3 Å². The Hall–Kier alpha value is -2.68. The molecule has 100 valence electrons. The van der Waals surface area contributed by atoms with E-state index in [0.717, 1.165) is 10.7 Å². The third-order valence-electron chi connectivity index (χ3n) is 2.49. The molecule has 0 aliphatic rings. The van der Waals surface area contributed by atoms with Gasteiger partial charge in [-0.15, -0.1) is 15.3 Å². The topological polar surface area (TPSA) is 98.5 Å². The normalized spacial score (nSPS) is 10.4. The van der Waals surface area contributed by atoms with E-state index in [1.54, 1.807) is 24.3 Å². The molecule has 0 radical (unpaired) electrons. The number of aryl methyl sites for hydroxylation is 1. The van der Waals surface area contributed by atoms with E-state index in [-0.39, 0.29) is 5.91 Å². The lowest BCUT2D eigenvalue weighted by Gasteiger charge is -2.03.